The van der Waals surface area contributed by atoms with Crippen molar-refractivity contribution in [3.63, 3.8) is 0 Å². The molecule has 0 saturated heterocycles. The third-order valence-corrected chi connectivity index (χ3v) is 5.92. The minimum absolute atomic E-state index is 0.0219. The van der Waals surface area contributed by atoms with Crippen LogP contribution in [0.25, 0.3) is 0 Å². The fourth-order valence-electron chi connectivity index (χ4n) is 2.40. The first-order chi connectivity index (χ1) is 8.49. The summed E-state index contributed by atoms with van der Waals surface area (Å²) in [6.07, 6.45) is 4.57. The molecule has 100 valence electrons. The number of sulfone groups is 1. The number of rotatable bonds is 3. The van der Waals surface area contributed by atoms with E-state index in [2.05, 4.69) is 0 Å². The molecule has 0 amide bonds. The first-order valence-corrected chi connectivity index (χ1v) is 8.24. The van der Waals surface area contributed by atoms with E-state index in [9.17, 15) is 12.8 Å². The van der Waals surface area contributed by atoms with Crippen molar-refractivity contribution in [3.05, 3.63) is 34.6 Å². The number of halogens is 2. The van der Waals surface area contributed by atoms with Crippen LogP contribution in [0.4, 0.5) is 4.39 Å². The fraction of sp³-hybridized carbons (Fsp3) is 0.538. The van der Waals surface area contributed by atoms with Crippen molar-refractivity contribution >= 4 is 21.4 Å². The Hall–Kier alpha value is -0.610. The maximum Gasteiger partial charge on any atom is 0.157 e. The van der Waals surface area contributed by atoms with Crippen molar-refractivity contribution in [1.29, 1.82) is 0 Å². The van der Waals surface area contributed by atoms with Crippen LogP contribution in [0, 0.1) is 5.82 Å². The molecule has 0 aliphatic heterocycles. The van der Waals surface area contributed by atoms with E-state index in [-0.39, 0.29) is 16.0 Å². The first-order valence-electron chi connectivity index (χ1n) is 6.14. The zero-order chi connectivity index (χ0) is 13.2. The van der Waals surface area contributed by atoms with Crippen molar-refractivity contribution in [2.24, 2.45) is 0 Å². The highest BCUT2D eigenvalue weighted by Gasteiger charge is 2.27. The van der Waals surface area contributed by atoms with E-state index >= 15 is 0 Å². The van der Waals surface area contributed by atoms with Crippen molar-refractivity contribution in [2.45, 2.75) is 43.1 Å². The summed E-state index contributed by atoms with van der Waals surface area (Å²) in [5.41, 5.74) is 0.562. The lowest BCUT2D eigenvalue weighted by atomic mass is 10.0. The largest absolute Gasteiger partial charge is 0.228 e. The summed E-state index contributed by atoms with van der Waals surface area (Å²) in [5.74, 6) is -0.562. The smallest absolute Gasteiger partial charge is 0.157 e. The van der Waals surface area contributed by atoms with Gasteiger partial charge in [-0.2, -0.15) is 0 Å². The van der Waals surface area contributed by atoms with Crippen LogP contribution in [-0.4, -0.2) is 13.7 Å². The second-order valence-corrected chi connectivity index (χ2v) is 7.50. The molecular weight excluding hydrogens is 275 g/mol. The van der Waals surface area contributed by atoms with Crippen LogP contribution in [0.5, 0.6) is 0 Å². The Morgan fingerprint density at radius 1 is 1.22 bits per heavy atom. The molecule has 1 saturated carbocycles. The molecule has 0 unspecified atom stereocenters. The molecule has 0 bridgehead atoms. The molecule has 1 aromatic rings. The van der Waals surface area contributed by atoms with Crippen molar-refractivity contribution < 1.29 is 12.8 Å². The fourth-order valence-corrected chi connectivity index (χ4v) is 4.54. The van der Waals surface area contributed by atoms with Crippen LogP contribution < -0.4 is 0 Å². The zero-order valence-electron chi connectivity index (χ0n) is 10.0. The lowest BCUT2D eigenvalue weighted by Crippen LogP contribution is -2.25. The van der Waals surface area contributed by atoms with E-state index in [1.807, 2.05) is 0 Å². The van der Waals surface area contributed by atoms with Gasteiger partial charge in [-0.25, -0.2) is 12.8 Å². The molecule has 1 aromatic carbocycles. The predicted octanol–water partition coefficient (Wildman–Crippen LogP) is 3.73. The highest BCUT2D eigenvalue weighted by molar-refractivity contribution is 7.91. The lowest BCUT2D eigenvalue weighted by molar-refractivity contribution is 0.483. The van der Waals surface area contributed by atoms with E-state index in [4.69, 9.17) is 11.6 Å². The Morgan fingerprint density at radius 2 is 1.89 bits per heavy atom. The van der Waals surface area contributed by atoms with Gasteiger partial charge in [-0.05, 0) is 30.5 Å². The van der Waals surface area contributed by atoms with Gasteiger partial charge in [-0.3, -0.25) is 0 Å². The summed E-state index contributed by atoms with van der Waals surface area (Å²) in [5, 5.41) is -0.263. The second kappa shape index (κ2) is 5.57. The van der Waals surface area contributed by atoms with Crippen LogP contribution in [0.1, 0.15) is 37.7 Å². The number of benzene rings is 1. The molecule has 2 nitrogen and oxygen atoms in total. The Labute approximate surface area is 112 Å². The molecule has 1 fully saturated rings. The predicted molar refractivity (Wildman–Crippen MR) is 70.9 cm³/mol. The molecular formula is C13H16ClFO2S. The SMILES string of the molecule is O=S(=O)(Cc1ccc(F)c(Cl)c1)C1CCCCC1. The van der Waals surface area contributed by atoms with Crippen molar-refractivity contribution in [3.8, 4) is 0 Å². The molecule has 0 spiro atoms. The highest BCUT2D eigenvalue weighted by Crippen LogP contribution is 2.27. The Bertz CT molecular complexity index is 522. The minimum Gasteiger partial charge on any atom is -0.228 e. The molecule has 2 rings (SSSR count). The van der Waals surface area contributed by atoms with E-state index < -0.39 is 15.7 Å². The molecule has 5 heteroatoms. The summed E-state index contributed by atoms with van der Waals surface area (Å²) in [4.78, 5) is 0. The zero-order valence-corrected chi connectivity index (χ0v) is 11.6. The molecule has 0 heterocycles. The molecule has 1 aliphatic carbocycles. The molecule has 0 atom stereocenters. The molecule has 0 N–H and O–H groups in total. The van der Waals surface area contributed by atoms with Crippen LogP contribution in [-0.2, 0) is 15.6 Å². The van der Waals surface area contributed by atoms with Gasteiger partial charge in [0.1, 0.15) is 5.82 Å². The van der Waals surface area contributed by atoms with Crippen LogP contribution in [0.3, 0.4) is 0 Å². The third kappa shape index (κ3) is 3.23. The average Bonchev–Trinajstić information content (AvgIpc) is 2.35. The quantitative estimate of drug-likeness (QED) is 0.850. The van der Waals surface area contributed by atoms with Crippen molar-refractivity contribution in [2.75, 3.05) is 0 Å². The van der Waals surface area contributed by atoms with Gasteiger partial charge in [-0.1, -0.05) is 36.9 Å². The third-order valence-electron chi connectivity index (χ3n) is 3.41. The first kappa shape index (κ1) is 13.8. The van der Waals surface area contributed by atoms with Crippen LogP contribution >= 0.6 is 11.6 Å². The average molecular weight is 291 g/mol. The topological polar surface area (TPSA) is 34.1 Å². The summed E-state index contributed by atoms with van der Waals surface area (Å²) >= 11 is 5.66. The van der Waals surface area contributed by atoms with E-state index in [0.29, 0.717) is 5.56 Å². The van der Waals surface area contributed by atoms with Gasteiger partial charge >= 0.3 is 0 Å². The van der Waals surface area contributed by atoms with Crippen LogP contribution in [0.15, 0.2) is 18.2 Å². The van der Waals surface area contributed by atoms with E-state index in [0.717, 1.165) is 32.1 Å². The van der Waals surface area contributed by atoms with Gasteiger partial charge in [-0.15, -0.1) is 0 Å². The van der Waals surface area contributed by atoms with Gasteiger partial charge in [0, 0.05) is 0 Å². The molecule has 0 radical (unpaired) electrons. The van der Waals surface area contributed by atoms with Crippen LogP contribution in [0.2, 0.25) is 5.02 Å². The Morgan fingerprint density at radius 3 is 2.50 bits per heavy atom. The van der Waals surface area contributed by atoms with Gasteiger partial charge < -0.3 is 0 Å². The Balaban J connectivity index is 2.13. The summed E-state index contributed by atoms with van der Waals surface area (Å²) in [6, 6.07) is 4.10. The lowest BCUT2D eigenvalue weighted by Gasteiger charge is -2.21. The summed E-state index contributed by atoms with van der Waals surface area (Å²) < 4.78 is 37.4. The molecule has 0 aromatic heterocycles. The Kier molecular flexibility index (Phi) is 4.28. The van der Waals surface area contributed by atoms with Crippen molar-refractivity contribution in [1.82, 2.24) is 0 Å². The maximum absolute atomic E-state index is 13.0. The minimum atomic E-state index is -3.15. The van der Waals surface area contributed by atoms with Gasteiger partial charge in [0.25, 0.3) is 0 Å². The van der Waals surface area contributed by atoms with Gasteiger partial charge in [0.05, 0.1) is 16.0 Å². The van der Waals surface area contributed by atoms with E-state index in [1.54, 1.807) is 0 Å². The molecule has 18 heavy (non-hydrogen) atoms. The van der Waals surface area contributed by atoms with Gasteiger partial charge in [0.2, 0.25) is 0 Å². The maximum atomic E-state index is 13.0. The molecule has 1 aliphatic rings. The van der Waals surface area contributed by atoms with E-state index in [1.165, 1.54) is 18.2 Å². The summed E-state index contributed by atoms with van der Waals surface area (Å²) in [6.45, 7) is 0. The summed E-state index contributed by atoms with van der Waals surface area (Å²) in [7, 11) is -3.15. The second-order valence-electron chi connectivity index (χ2n) is 4.82. The van der Waals surface area contributed by atoms with Gasteiger partial charge in [0.15, 0.2) is 9.84 Å². The standard InChI is InChI=1S/C13H16ClFO2S/c14-12-8-10(6-7-13(12)15)9-18(16,17)11-4-2-1-3-5-11/h6-8,11H,1-5,9H2. The normalized spacial score (nSPS) is 17.9. The monoisotopic (exact) mass is 290 g/mol. The number of hydrogen-bond acceptors (Lipinski definition) is 2. The highest BCUT2D eigenvalue weighted by atomic mass is 35.5. The number of hydrogen-bond donors (Lipinski definition) is 0.